The minimum absolute atomic E-state index is 0.130. The van der Waals surface area contributed by atoms with Gasteiger partial charge >= 0.3 is 0 Å². The van der Waals surface area contributed by atoms with Crippen LogP contribution in [0.2, 0.25) is 0 Å². The van der Waals surface area contributed by atoms with Gasteiger partial charge in [0.2, 0.25) is 10.0 Å². The molecule has 4 rings (SSSR count). The Morgan fingerprint density at radius 1 is 0.875 bits per heavy atom. The summed E-state index contributed by atoms with van der Waals surface area (Å²) in [7, 11) is -2.17. The molecule has 0 aromatic heterocycles. The van der Waals surface area contributed by atoms with Crippen molar-refractivity contribution < 1.29 is 17.9 Å². The Morgan fingerprint density at radius 2 is 1.56 bits per heavy atom. The summed E-state index contributed by atoms with van der Waals surface area (Å²) in [6.07, 6.45) is 2.72. The molecule has 0 spiro atoms. The number of nitrogens with zero attached hydrogens (tertiary/aromatic N) is 1. The van der Waals surface area contributed by atoms with Crippen LogP contribution in [-0.2, 0) is 10.0 Å². The van der Waals surface area contributed by atoms with E-state index in [2.05, 4.69) is 5.32 Å². The zero-order valence-corrected chi connectivity index (χ0v) is 18.8. The van der Waals surface area contributed by atoms with Crippen molar-refractivity contribution in [3.05, 3.63) is 78.4 Å². The molecule has 3 aromatic carbocycles. The molecule has 1 amide bonds. The Kier molecular flexibility index (Phi) is 6.58. The number of sulfonamides is 1. The molecule has 1 fully saturated rings. The van der Waals surface area contributed by atoms with Crippen LogP contribution in [0, 0.1) is 0 Å². The molecular weight excluding hydrogens is 424 g/mol. The monoisotopic (exact) mass is 450 g/mol. The summed E-state index contributed by atoms with van der Waals surface area (Å²) in [5.74, 6) is 0.128. The molecule has 0 saturated carbocycles. The summed E-state index contributed by atoms with van der Waals surface area (Å²) in [5.41, 5.74) is 2.31. The number of nitrogens with one attached hydrogen (secondary N) is 1. The van der Waals surface area contributed by atoms with Crippen molar-refractivity contribution in [3.63, 3.8) is 0 Å². The van der Waals surface area contributed by atoms with Gasteiger partial charge in [-0.3, -0.25) is 4.79 Å². The lowest BCUT2D eigenvalue weighted by atomic mass is 10.0. The summed E-state index contributed by atoms with van der Waals surface area (Å²) >= 11 is 0. The molecule has 0 atom stereocenters. The molecule has 1 saturated heterocycles. The van der Waals surface area contributed by atoms with E-state index < -0.39 is 15.9 Å². The Balaban J connectivity index is 1.76. The quantitative estimate of drug-likeness (QED) is 0.586. The molecule has 1 aliphatic heterocycles. The predicted octanol–water partition coefficient (Wildman–Crippen LogP) is 4.79. The van der Waals surface area contributed by atoms with Crippen LogP contribution in [0.5, 0.6) is 5.75 Å². The van der Waals surface area contributed by atoms with E-state index in [1.807, 2.05) is 36.4 Å². The largest absolute Gasteiger partial charge is 0.495 e. The first-order valence-electron chi connectivity index (χ1n) is 10.6. The second kappa shape index (κ2) is 9.54. The summed E-state index contributed by atoms with van der Waals surface area (Å²) < 4.78 is 33.6. The average Bonchev–Trinajstić information content (AvgIpc) is 2.85. The van der Waals surface area contributed by atoms with Gasteiger partial charge in [-0.2, -0.15) is 4.31 Å². The molecule has 0 aliphatic carbocycles. The van der Waals surface area contributed by atoms with Crippen LogP contribution >= 0.6 is 0 Å². The number of methoxy groups -OCH3 is 1. The third-order valence-corrected chi connectivity index (χ3v) is 7.46. The molecule has 0 unspecified atom stereocenters. The lowest BCUT2D eigenvalue weighted by Crippen LogP contribution is -2.35. The van der Waals surface area contributed by atoms with Crippen LogP contribution in [0.3, 0.4) is 0 Å². The third kappa shape index (κ3) is 4.69. The highest BCUT2D eigenvalue weighted by atomic mass is 32.2. The number of carbonyl (C=O) groups excluding carboxylic acids is 1. The van der Waals surface area contributed by atoms with E-state index in [4.69, 9.17) is 4.74 Å². The van der Waals surface area contributed by atoms with Crippen LogP contribution in [0.25, 0.3) is 11.1 Å². The molecular formula is C25H26N2O4S. The van der Waals surface area contributed by atoms with Gasteiger partial charge in [0.25, 0.3) is 5.91 Å². The van der Waals surface area contributed by atoms with Crippen molar-refractivity contribution in [2.75, 3.05) is 25.5 Å². The fourth-order valence-electron chi connectivity index (χ4n) is 3.87. The SMILES string of the molecule is COc1ccccc1NC(=O)c1cc(-c2ccccc2)cc(S(=O)(=O)N2CCCCC2)c1. The van der Waals surface area contributed by atoms with Crippen LogP contribution in [0.4, 0.5) is 5.69 Å². The highest BCUT2D eigenvalue weighted by molar-refractivity contribution is 7.89. The Hall–Kier alpha value is -3.16. The molecule has 1 heterocycles. The van der Waals surface area contributed by atoms with Gasteiger partial charge in [0.05, 0.1) is 17.7 Å². The highest BCUT2D eigenvalue weighted by Crippen LogP contribution is 2.29. The third-order valence-electron chi connectivity index (χ3n) is 5.58. The van der Waals surface area contributed by atoms with E-state index in [0.717, 1.165) is 24.8 Å². The fraction of sp³-hybridized carbons (Fsp3) is 0.240. The number of para-hydroxylation sites is 2. The van der Waals surface area contributed by atoms with Crippen molar-refractivity contribution in [3.8, 4) is 16.9 Å². The number of carbonyl (C=O) groups is 1. The van der Waals surface area contributed by atoms with Gasteiger partial charge in [0.1, 0.15) is 5.75 Å². The van der Waals surface area contributed by atoms with Crippen LogP contribution in [0.15, 0.2) is 77.7 Å². The van der Waals surface area contributed by atoms with Crippen molar-refractivity contribution in [2.45, 2.75) is 24.2 Å². The number of hydrogen-bond acceptors (Lipinski definition) is 4. The normalized spacial score (nSPS) is 14.7. The molecule has 6 nitrogen and oxygen atoms in total. The second-order valence-corrected chi connectivity index (χ2v) is 9.67. The molecule has 3 aromatic rings. The summed E-state index contributed by atoms with van der Waals surface area (Å²) in [4.78, 5) is 13.3. The number of hydrogen-bond donors (Lipinski definition) is 1. The first kappa shape index (κ1) is 22.0. The van der Waals surface area contributed by atoms with Crippen LogP contribution in [-0.4, -0.2) is 38.8 Å². The first-order valence-corrected chi connectivity index (χ1v) is 12.1. The first-order chi connectivity index (χ1) is 15.5. The average molecular weight is 451 g/mol. The summed E-state index contributed by atoms with van der Waals surface area (Å²) in [6.45, 7) is 1.00. The van der Waals surface area contributed by atoms with Gasteiger partial charge in [0, 0.05) is 18.7 Å². The summed E-state index contributed by atoms with van der Waals surface area (Å²) in [5, 5.41) is 2.84. The molecule has 32 heavy (non-hydrogen) atoms. The van der Waals surface area contributed by atoms with Crippen molar-refractivity contribution in [1.82, 2.24) is 4.31 Å². The molecule has 7 heteroatoms. The summed E-state index contributed by atoms with van der Waals surface area (Å²) in [6, 6.07) is 21.4. The Bertz CT molecular complexity index is 1200. The molecule has 1 aliphatic rings. The van der Waals surface area contributed by atoms with Gasteiger partial charge in [-0.1, -0.05) is 48.9 Å². The lowest BCUT2D eigenvalue weighted by Gasteiger charge is -2.26. The Morgan fingerprint density at radius 3 is 2.28 bits per heavy atom. The second-order valence-electron chi connectivity index (χ2n) is 7.73. The smallest absolute Gasteiger partial charge is 0.255 e. The van der Waals surface area contributed by atoms with Gasteiger partial charge in [-0.15, -0.1) is 0 Å². The number of ether oxygens (including phenoxy) is 1. The predicted molar refractivity (Wildman–Crippen MR) is 125 cm³/mol. The van der Waals surface area contributed by atoms with Gasteiger partial charge in [0.15, 0.2) is 0 Å². The molecule has 0 radical (unpaired) electrons. The van der Waals surface area contributed by atoms with Crippen molar-refractivity contribution >= 4 is 21.6 Å². The minimum atomic E-state index is -3.71. The molecule has 166 valence electrons. The van der Waals surface area contributed by atoms with Crippen LogP contribution in [0.1, 0.15) is 29.6 Å². The molecule has 0 bridgehead atoms. The van der Waals surface area contributed by atoms with E-state index in [9.17, 15) is 13.2 Å². The number of benzene rings is 3. The maximum atomic E-state index is 13.4. The van der Waals surface area contributed by atoms with E-state index >= 15 is 0 Å². The maximum Gasteiger partial charge on any atom is 0.255 e. The van der Waals surface area contributed by atoms with E-state index in [-0.39, 0.29) is 10.5 Å². The highest BCUT2D eigenvalue weighted by Gasteiger charge is 2.27. The van der Waals surface area contributed by atoms with Gasteiger partial charge in [-0.25, -0.2) is 8.42 Å². The van der Waals surface area contributed by atoms with E-state index in [1.54, 1.807) is 30.3 Å². The number of piperidine rings is 1. The van der Waals surface area contributed by atoms with Gasteiger partial charge < -0.3 is 10.1 Å². The van der Waals surface area contributed by atoms with Crippen LogP contribution < -0.4 is 10.1 Å². The zero-order chi connectivity index (χ0) is 22.6. The minimum Gasteiger partial charge on any atom is -0.495 e. The number of anilines is 1. The molecule has 1 N–H and O–H groups in total. The Labute approximate surface area is 188 Å². The zero-order valence-electron chi connectivity index (χ0n) is 18.0. The van der Waals surface area contributed by atoms with E-state index in [0.29, 0.717) is 30.1 Å². The maximum absolute atomic E-state index is 13.4. The number of rotatable bonds is 6. The fourth-order valence-corrected chi connectivity index (χ4v) is 5.46. The van der Waals surface area contributed by atoms with Crippen molar-refractivity contribution in [1.29, 1.82) is 0 Å². The topological polar surface area (TPSA) is 75.7 Å². The standard InChI is InChI=1S/C25H26N2O4S/c1-31-24-13-7-6-12-23(24)26-25(28)21-16-20(19-10-4-2-5-11-19)17-22(18-21)32(29,30)27-14-8-3-9-15-27/h2,4-7,10-13,16-18H,3,8-9,14-15H2,1H3,(H,26,28). The van der Waals surface area contributed by atoms with E-state index in [1.165, 1.54) is 17.5 Å². The number of amides is 1. The van der Waals surface area contributed by atoms with Gasteiger partial charge in [-0.05, 0) is 54.3 Å². The lowest BCUT2D eigenvalue weighted by molar-refractivity contribution is 0.102. The van der Waals surface area contributed by atoms with Crippen molar-refractivity contribution in [2.24, 2.45) is 0 Å².